The van der Waals surface area contributed by atoms with Crippen LogP contribution in [0.2, 0.25) is 0 Å². The van der Waals surface area contributed by atoms with Gasteiger partial charge >= 0.3 is 0 Å². The molecule has 0 unspecified atom stereocenters. The Labute approximate surface area is 130 Å². The third-order valence-corrected chi connectivity index (χ3v) is 4.10. The van der Waals surface area contributed by atoms with Crippen molar-refractivity contribution in [3.05, 3.63) is 30.1 Å². The van der Waals surface area contributed by atoms with Gasteiger partial charge in [0, 0.05) is 37.5 Å². The number of rotatable bonds is 6. The number of hydrogen-bond donors (Lipinski definition) is 1. The van der Waals surface area contributed by atoms with Gasteiger partial charge in [-0.2, -0.15) is 0 Å². The molecule has 0 spiro atoms. The van der Waals surface area contributed by atoms with E-state index in [4.69, 9.17) is 4.74 Å². The molecule has 1 amide bonds. The minimum atomic E-state index is -0.247. The maximum atomic E-state index is 12.0. The lowest BCUT2D eigenvalue weighted by molar-refractivity contribution is -0.129. The molecule has 2 aromatic heterocycles. The van der Waals surface area contributed by atoms with Crippen LogP contribution in [0.15, 0.2) is 24.5 Å². The fourth-order valence-electron chi connectivity index (χ4n) is 3.02. The molecule has 0 saturated carbocycles. The van der Waals surface area contributed by atoms with E-state index in [1.54, 1.807) is 0 Å². The van der Waals surface area contributed by atoms with Gasteiger partial charge in [0.2, 0.25) is 5.91 Å². The molecule has 0 bridgehead atoms. The maximum absolute atomic E-state index is 12.0. The Morgan fingerprint density at radius 3 is 3.23 bits per heavy atom. The predicted molar refractivity (Wildman–Crippen MR) is 85.7 cm³/mol. The Hall–Kier alpha value is -1.88. The van der Waals surface area contributed by atoms with E-state index < -0.39 is 0 Å². The summed E-state index contributed by atoms with van der Waals surface area (Å²) in [7, 11) is 0. The number of carbonyl (C=O) groups is 1. The van der Waals surface area contributed by atoms with Gasteiger partial charge < -0.3 is 14.6 Å². The zero-order valence-electron chi connectivity index (χ0n) is 13.0. The number of amides is 1. The lowest BCUT2D eigenvalue weighted by Gasteiger charge is -2.09. The first-order valence-corrected chi connectivity index (χ1v) is 8.11. The van der Waals surface area contributed by atoms with E-state index in [1.165, 1.54) is 10.9 Å². The average Bonchev–Trinajstić information content (AvgIpc) is 3.17. The van der Waals surface area contributed by atoms with Crippen LogP contribution in [0.1, 0.15) is 31.7 Å². The molecule has 2 aromatic rings. The van der Waals surface area contributed by atoms with Crippen molar-refractivity contribution in [1.82, 2.24) is 14.9 Å². The van der Waals surface area contributed by atoms with Gasteiger partial charge in [-0.15, -0.1) is 0 Å². The smallest absolute Gasteiger partial charge is 0.249 e. The summed E-state index contributed by atoms with van der Waals surface area (Å²) in [5, 5.41) is 4.17. The third kappa shape index (κ3) is 3.14. The van der Waals surface area contributed by atoms with Crippen LogP contribution in [-0.4, -0.2) is 34.7 Å². The van der Waals surface area contributed by atoms with Gasteiger partial charge in [0.05, 0.1) is 0 Å². The van der Waals surface area contributed by atoms with Crippen LogP contribution in [0, 0.1) is 0 Å². The number of hydrogen-bond acceptors (Lipinski definition) is 3. The number of nitrogens with zero attached hydrogens (tertiary/aromatic N) is 2. The molecule has 3 heterocycles. The maximum Gasteiger partial charge on any atom is 0.249 e. The second kappa shape index (κ2) is 6.92. The summed E-state index contributed by atoms with van der Waals surface area (Å²) >= 11 is 0. The van der Waals surface area contributed by atoms with Crippen molar-refractivity contribution in [1.29, 1.82) is 0 Å². The largest absolute Gasteiger partial charge is 0.368 e. The predicted octanol–water partition coefficient (Wildman–Crippen LogP) is 2.28. The summed E-state index contributed by atoms with van der Waals surface area (Å²) in [5.74, 6) is 0.0212. The van der Waals surface area contributed by atoms with Crippen LogP contribution in [0.3, 0.4) is 0 Å². The highest BCUT2D eigenvalue weighted by molar-refractivity contribution is 5.82. The summed E-state index contributed by atoms with van der Waals surface area (Å²) in [6.07, 6.45) is 7.46. The zero-order valence-corrected chi connectivity index (χ0v) is 13.0. The van der Waals surface area contributed by atoms with E-state index in [0.29, 0.717) is 13.2 Å². The van der Waals surface area contributed by atoms with Crippen molar-refractivity contribution < 1.29 is 9.53 Å². The molecule has 0 radical (unpaired) electrons. The van der Waals surface area contributed by atoms with Gasteiger partial charge in [-0.3, -0.25) is 4.79 Å². The molecule has 5 heteroatoms. The number of carbonyl (C=O) groups excluding carboxylic acids is 1. The summed E-state index contributed by atoms with van der Waals surface area (Å²) in [5.41, 5.74) is 2.27. The molecule has 22 heavy (non-hydrogen) atoms. The standard InChI is InChI=1S/C17H23N3O2/c1-2-10-20-12-13(14-5-3-8-18-16(14)20)7-9-19-17(21)15-6-4-11-22-15/h3,5,8,12,15H,2,4,6-7,9-11H2,1H3,(H,19,21)/t15-/m0/s1. The summed E-state index contributed by atoms with van der Waals surface area (Å²) in [4.78, 5) is 16.4. The van der Waals surface area contributed by atoms with Crippen molar-refractivity contribution in [2.24, 2.45) is 0 Å². The molecule has 1 saturated heterocycles. The lowest BCUT2D eigenvalue weighted by atomic mass is 10.1. The van der Waals surface area contributed by atoms with Crippen LogP contribution >= 0.6 is 0 Å². The number of nitrogens with one attached hydrogen (secondary N) is 1. The summed E-state index contributed by atoms with van der Waals surface area (Å²) < 4.78 is 7.60. The fourth-order valence-corrected chi connectivity index (χ4v) is 3.02. The number of ether oxygens (including phenoxy) is 1. The molecule has 1 aliphatic heterocycles. The Morgan fingerprint density at radius 1 is 1.55 bits per heavy atom. The highest BCUT2D eigenvalue weighted by atomic mass is 16.5. The summed E-state index contributed by atoms with van der Waals surface area (Å²) in [6.45, 7) is 4.47. The van der Waals surface area contributed by atoms with E-state index in [-0.39, 0.29) is 12.0 Å². The normalized spacial score (nSPS) is 18.0. The highest BCUT2D eigenvalue weighted by Crippen LogP contribution is 2.20. The van der Waals surface area contributed by atoms with Crippen molar-refractivity contribution >= 4 is 16.9 Å². The highest BCUT2D eigenvalue weighted by Gasteiger charge is 2.23. The topological polar surface area (TPSA) is 56.2 Å². The van der Waals surface area contributed by atoms with Crippen LogP contribution in [0.25, 0.3) is 11.0 Å². The van der Waals surface area contributed by atoms with Gasteiger partial charge in [0.25, 0.3) is 0 Å². The molecule has 3 rings (SSSR count). The third-order valence-electron chi connectivity index (χ3n) is 4.10. The number of fused-ring (bicyclic) bond motifs is 1. The molecule has 118 valence electrons. The second-order valence-electron chi connectivity index (χ2n) is 5.76. The molecule has 0 aliphatic carbocycles. The van der Waals surface area contributed by atoms with Crippen molar-refractivity contribution in [3.63, 3.8) is 0 Å². The number of aromatic nitrogens is 2. The van der Waals surface area contributed by atoms with Crippen LogP contribution < -0.4 is 5.32 Å². The van der Waals surface area contributed by atoms with Crippen molar-refractivity contribution in [2.45, 2.75) is 45.3 Å². The zero-order chi connectivity index (χ0) is 15.4. The Morgan fingerprint density at radius 2 is 2.45 bits per heavy atom. The monoisotopic (exact) mass is 301 g/mol. The molecule has 5 nitrogen and oxygen atoms in total. The molecule has 1 N–H and O–H groups in total. The van der Waals surface area contributed by atoms with Crippen molar-refractivity contribution in [2.75, 3.05) is 13.2 Å². The van der Waals surface area contributed by atoms with Gasteiger partial charge in [-0.05, 0) is 43.4 Å². The van der Waals surface area contributed by atoms with Crippen LogP contribution in [0.5, 0.6) is 0 Å². The Bertz CT molecular complexity index is 644. The van der Waals surface area contributed by atoms with E-state index in [0.717, 1.165) is 37.9 Å². The van der Waals surface area contributed by atoms with Gasteiger partial charge in [0.1, 0.15) is 11.8 Å². The molecule has 0 aromatic carbocycles. The van der Waals surface area contributed by atoms with E-state index in [9.17, 15) is 4.79 Å². The number of aryl methyl sites for hydroxylation is 1. The first-order valence-electron chi connectivity index (χ1n) is 8.11. The minimum absolute atomic E-state index is 0.0212. The lowest BCUT2D eigenvalue weighted by Crippen LogP contribution is -2.35. The van der Waals surface area contributed by atoms with Crippen LogP contribution in [0.4, 0.5) is 0 Å². The Kier molecular flexibility index (Phi) is 4.73. The fraction of sp³-hybridized carbons (Fsp3) is 0.529. The molecular formula is C17H23N3O2. The average molecular weight is 301 g/mol. The first kappa shape index (κ1) is 15.0. The quantitative estimate of drug-likeness (QED) is 0.890. The van der Waals surface area contributed by atoms with Gasteiger partial charge in [-0.25, -0.2) is 4.98 Å². The van der Waals surface area contributed by atoms with Gasteiger partial charge in [-0.1, -0.05) is 6.92 Å². The molecular weight excluding hydrogens is 278 g/mol. The molecule has 1 fully saturated rings. The second-order valence-corrected chi connectivity index (χ2v) is 5.76. The van der Waals surface area contributed by atoms with E-state index in [1.807, 2.05) is 12.3 Å². The SMILES string of the molecule is CCCn1cc(CCNC(=O)[C@@H]2CCCO2)c2cccnc21. The Balaban J connectivity index is 1.64. The summed E-state index contributed by atoms with van der Waals surface area (Å²) in [6, 6.07) is 4.07. The first-order chi connectivity index (χ1) is 10.8. The van der Waals surface area contributed by atoms with Crippen LogP contribution in [-0.2, 0) is 22.5 Å². The van der Waals surface area contributed by atoms with E-state index in [2.05, 4.69) is 34.1 Å². The van der Waals surface area contributed by atoms with E-state index >= 15 is 0 Å². The minimum Gasteiger partial charge on any atom is -0.368 e. The number of pyridine rings is 1. The molecule has 1 aliphatic rings. The van der Waals surface area contributed by atoms with Crippen molar-refractivity contribution in [3.8, 4) is 0 Å². The van der Waals surface area contributed by atoms with Gasteiger partial charge in [0.15, 0.2) is 0 Å². The molecule has 1 atom stereocenters.